The Morgan fingerprint density at radius 3 is 2.46 bits per heavy atom. The second kappa shape index (κ2) is 7.74. The summed E-state index contributed by atoms with van der Waals surface area (Å²) in [5, 5.41) is 7.80. The standard InChI is InChI=1S/C20H21N3O2S/c1-20(13-12-15-6-4-3-5-7-15)18(24)23(19(25)22-20)21-14-16-8-10-17(26-2)11-9-16/h3-11,14H,12-13H2,1-2H3,(H,22,25)/b21-14-/t20-/m0/s1. The zero-order valence-electron chi connectivity index (χ0n) is 14.8. The Morgan fingerprint density at radius 1 is 1.12 bits per heavy atom. The summed E-state index contributed by atoms with van der Waals surface area (Å²) < 4.78 is 0. The summed E-state index contributed by atoms with van der Waals surface area (Å²) in [6, 6.07) is 17.2. The lowest BCUT2D eigenvalue weighted by Gasteiger charge is -2.20. The van der Waals surface area contributed by atoms with E-state index in [1.54, 1.807) is 18.7 Å². The molecule has 1 aliphatic rings. The Hall–Kier alpha value is -2.60. The first-order valence-electron chi connectivity index (χ1n) is 8.40. The number of urea groups is 1. The number of thioether (sulfide) groups is 1. The smallest absolute Gasteiger partial charge is 0.322 e. The molecule has 2 aromatic carbocycles. The molecule has 1 saturated heterocycles. The molecule has 1 atom stereocenters. The Kier molecular flexibility index (Phi) is 5.42. The maximum Gasteiger partial charge on any atom is 0.346 e. The number of nitrogens with one attached hydrogen (secondary N) is 1. The van der Waals surface area contributed by atoms with Gasteiger partial charge in [-0.05, 0) is 49.3 Å². The van der Waals surface area contributed by atoms with Gasteiger partial charge in [0.2, 0.25) is 0 Å². The van der Waals surface area contributed by atoms with Crippen LogP contribution in [-0.4, -0.2) is 35.0 Å². The van der Waals surface area contributed by atoms with E-state index >= 15 is 0 Å². The number of imide groups is 1. The quantitative estimate of drug-likeness (QED) is 0.481. The first-order valence-corrected chi connectivity index (χ1v) is 9.63. The molecule has 1 N–H and O–H groups in total. The van der Waals surface area contributed by atoms with Crippen LogP contribution in [0.4, 0.5) is 4.79 Å². The molecule has 1 fully saturated rings. The van der Waals surface area contributed by atoms with Gasteiger partial charge < -0.3 is 5.32 Å². The lowest BCUT2D eigenvalue weighted by atomic mass is 9.93. The van der Waals surface area contributed by atoms with Gasteiger partial charge in [0.05, 0.1) is 6.21 Å². The van der Waals surface area contributed by atoms with E-state index in [0.29, 0.717) is 12.8 Å². The molecule has 134 valence electrons. The van der Waals surface area contributed by atoms with Gasteiger partial charge in [0, 0.05) is 4.90 Å². The third kappa shape index (κ3) is 3.96. The first-order chi connectivity index (χ1) is 12.5. The van der Waals surface area contributed by atoms with Crippen LogP contribution >= 0.6 is 11.8 Å². The van der Waals surface area contributed by atoms with Gasteiger partial charge in [-0.25, -0.2) is 4.79 Å². The van der Waals surface area contributed by atoms with Crippen molar-refractivity contribution in [3.05, 3.63) is 65.7 Å². The zero-order chi connectivity index (χ0) is 18.6. The average Bonchev–Trinajstić information content (AvgIpc) is 2.88. The molecule has 1 heterocycles. The van der Waals surface area contributed by atoms with Crippen LogP contribution in [0.25, 0.3) is 0 Å². The van der Waals surface area contributed by atoms with E-state index < -0.39 is 11.6 Å². The molecule has 3 amide bonds. The number of amides is 3. The molecule has 5 nitrogen and oxygen atoms in total. The summed E-state index contributed by atoms with van der Waals surface area (Å²) in [5.41, 5.74) is 1.03. The highest BCUT2D eigenvalue weighted by Crippen LogP contribution is 2.23. The minimum absolute atomic E-state index is 0.324. The molecule has 1 aliphatic heterocycles. The van der Waals surface area contributed by atoms with Crippen LogP contribution in [0.2, 0.25) is 0 Å². The Morgan fingerprint density at radius 2 is 1.81 bits per heavy atom. The van der Waals surface area contributed by atoms with Crippen LogP contribution in [0, 0.1) is 0 Å². The summed E-state index contributed by atoms with van der Waals surface area (Å²) in [6.07, 6.45) is 4.77. The predicted molar refractivity (Wildman–Crippen MR) is 104 cm³/mol. The van der Waals surface area contributed by atoms with Gasteiger partial charge in [-0.3, -0.25) is 4.79 Å². The van der Waals surface area contributed by atoms with Gasteiger partial charge in [-0.15, -0.1) is 16.8 Å². The van der Waals surface area contributed by atoms with Crippen molar-refractivity contribution in [3.8, 4) is 0 Å². The lowest BCUT2D eigenvalue weighted by molar-refractivity contribution is -0.130. The van der Waals surface area contributed by atoms with Crippen molar-refractivity contribution in [1.82, 2.24) is 10.3 Å². The van der Waals surface area contributed by atoms with Crippen LogP contribution in [0.5, 0.6) is 0 Å². The molecular formula is C20H21N3O2S. The van der Waals surface area contributed by atoms with Gasteiger partial charge in [-0.2, -0.15) is 5.10 Å². The number of hydrogen-bond acceptors (Lipinski definition) is 4. The van der Waals surface area contributed by atoms with Gasteiger partial charge in [0.1, 0.15) is 5.54 Å². The van der Waals surface area contributed by atoms with E-state index in [-0.39, 0.29) is 5.91 Å². The van der Waals surface area contributed by atoms with Gasteiger partial charge in [-0.1, -0.05) is 42.5 Å². The fourth-order valence-corrected chi connectivity index (χ4v) is 3.20. The molecule has 0 spiro atoms. The second-order valence-electron chi connectivity index (χ2n) is 6.38. The number of hydrogen-bond donors (Lipinski definition) is 1. The van der Waals surface area contributed by atoms with Gasteiger partial charge in [0.25, 0.3) is 5.91 Å². The molecule has 0 unspecified atom stereocenters. The number of benzene rings is 2. The van der Waals surface area contributed by atoms with Crippen LogP contribution in [0.3, 0.4) is 0 Å². The summed E-state index contributed by atoms with van der Waals surface area (Å²) in [4.78, 5) is 26.1. The average molecular weight is 367 g/mol. The number of aryl methyl sites for hydroxylation is 1. The van der Waals surface area contributed by atoms with Crippen molar-refractivity contribution in [2.75, 3.05) is 6.26 Å². The molecule has 0 aromatic heterocycles. The van der Waals surface area contributed by atoms with Gasteiger partial charge in [0.15, 0.2) is 0 Å². The summed E-state index contributed by atoms with van der Waals surface area (Å²) >= 11 is 1.65. The topological polar surface area (TPSA) is 61.8 Å². The summed E-state index contributed by atoms with van der Waals surface area (Å²) in [6.45, 7) is 1.75. The third-order valence-electron chi connectivity index (χ3n) is 4.43. The SMILES string of the molecule is CSc1ccc(/C=N\N2C(=O)N[C@@](C)(CCc3ccccc3)C2=O)cc1. The first kappa shape index (κ1) is 18.2. The fraction of sp³-hybridized carbons (Fsp3) is 0.250. The van der Waals surface area contributed by atoms with E-state index in [1.807, 2.05) is 60.9 Å². The Bertz CT molecular complexity index is 821. The van der Waals surface area contributed by atoms with Crippen molar-refractivity contribution in [1.29, 1.82) is 0 Å². The molecule has 0 saturated carbocycles. The largest absolute Gasteiger partial charge is 0.346 e. The van der Waals surface area contributed by atoms with Crippen molar-refractivity contribution >= 4 is 29.9 Å². The minimum Gasteiger partial charge on any atom is -0.322 e. The number of carbonyl (C=O) groups excluding carboxylic acids is 2. The normalized spacial score (nSPS) is 20.0. The van der Waals surface area contributed by atoms with Crippen molar-refractivity contribution in [2.45, 2.75) is 30.2 Å². The van der Waals surface area contributed by atoms with Crippen molar-refractivity contribution < 1.29 is 9.59 Å². The molecule has 2 aromatic rings. The van der Waals surface area contributed by atoms with Crippen LogP contribution in [-0.2, 0) is 11.2 Å². The number of rotatable bonds is 6. The molecule has 0 bridgehead atoms. The van der Waals surface area contributed by atoms with E-state index in [2.05, 4.69) is 10.4 Å². The fourth-order valence-electron chi connectivity index (χ4n) is 2.80. The summed E-state index contributed by atoms with van der Waals surface area (Å²) in [5.74, 6) is -0.324. The van der Waals surface area contributed by atoms with E-state index in [1.165, 1.54) is 6.21 Å². The lowest BCUT2D eigenvalue weighted by Crippen LogP contribution is -2.44. The maximum absolute atomic E-state index is 12.7. The highest BCUT2D eigenvalue weighted by atomic mass is 32.2. The van der Waals surface area contributed by atoms with E-state index in [4.69, 9.17) is 0 Å². The highest BCUT2D eigenvalue weighted by Gasteiger charge is 2.47. The molecule has 0 aliphatic carbocycles. The number of nitrogens with zero attached hydrogens (tertiary/aromatic N) is 2. The maximum atomic E-state index is 12.7. The van der Waals surface area contributed by atoms with Crippen LogP contribution in [0.15, 0.2) is 64.6 Å². The zero-order valence-corrected chi connectivity index (χ0v) is 15.6. The molecule has 0 radical (unpaired) electrons. The molecule has 26 heavy (non-hydrogen) atoms. The van der Waals surface area contributed by atoms with Crippen molar-refractivity contribution in [2.24, 2.45) is 5.10 Å². The van der Waals surface area contributed by atoms with E-state index in [0.717, 1.165) is 21.0 Å². The number of hydrazone groups is 1. The summed E-state index contributed by atoms with van der Waals surface area (Å²) in [7, 11) is 0. The Balaban J connectivity index is 1.68. The van der Waals surface area contributed by atoms with Crippen LogP contribution in [0.1, 0.15) is 24.5 Å². The Labute approximate surface area is 157 Å². The molecule has 3 rings (SSSR count). The van der Waals surface area contributed by atoms with Gasteiger partial charge >= 0.3 is 6.03 Å². The monoisotopic (exact) mass is 367 g/mol. The molecular weight excluding hydrogens is 346 g/mol. The highest BCUT2D eigenvalue weighted by molar-refractivity contribution is 7.98. The van der Waals surface area contributed by atoms with Crippen LogP contribution < -0.4 is 5.32 Å². The third-order valence-corrected chi connectivity index (χ3v) is 5.18. The molecule has 6 heteroatoms. The predicted octanol–water partition coefficient (Wildman–Crippen LogP) is 3.69. The van der Waals surface area contributed by atoms with E-state index in [9.17, 15) is 9.59 Å². The number of carbonyl (C=O) groups is 2. The van der Waals surface area contributed by atoms with Crippen molar-refractivity contribution in [3.63, 3.8) is 0 Å². The minimum atomic E-state index is -0.938. The second-order valence-corrected chi connectivity index (χ2v) is 7.26.